The van der Waals surface area contributed by atoms with Crippen molar-refractivity contribution in [1.82, 2.24) is 19.7 Å². The summed E-state index contributed by atoms with van der Waals surface area (Å²) < 4.78 is 1.81. The molecule has 2 heterocycles. The predicted octanol–water partition coefficient (Wildman–Crippen LogP) is 1.17. The van der Waals surface area contributed by atoms with Gasteiger partial charge < -0.3 is 10.6 Å². The first kappa shape index (κ1) is 11.4. The number of rotatable bonds is 4. The first-order valence-corrected chi connectivity index (χ1v) is 5.43. The Kier molecular flexibility index (Phi) is 3.22. The van der Waals surface area contributed by atoms with Crippen molar-refractivity contribution in [2.24, 2.45) is 7.05 Å². The van der Waals surface area contributed by atoms with Crippen molar-refractivity contribution in [2.75, 3.05) is 17.7 Å². The summed E-state index contributed by atoms with van der Waals surface area (Å²) in [6, 6.07) is 1.84. The summed E-state index contributed by atoms with van der Waals surface area (Å²) in [6.07, 6.45) is 3.72. The van der Waals surface area contributed by atoms with Gasteiger partial charge in [-0.3, -0.25) is 4.68 Å². The topological polar surface area (TPSA) is 67.7 Å². The fourth-order valence-electron chi connectivity index (χ4n) is 1.59. The lowest BCUT2D eigenvalue weighted by molar-refractivity contribution is 0.756. The molecule has 0 bridgehead atoms. The Bertz CT molecular complexity index is 504. The van der Waals surface area contributed by atoms with Crippen molar-refractivity contribution in [3.8, 4) is 0 Å². The highest BCUT2D eigenvalue weighted by Crippen LogP contribution is 2.09. The molecule has 0 aromatic carbocycles. The SMILES string of the molecule is CNc1nccc(NCc2cn(C)nc2C)n1. The van der Waals surface area contributed by atoms with E-state index in [1.807, 2.05) is 30.9 Å². The molecule has 2 N–H and O–H groups in total. The summed E-state index contributed by atoms with van der Waals surface area (Å²) in [5.41, 5.74) is 2.19. The van der Waals surface area contributed by atoms with Crippen LogP contribution in [0.25, 0.3) is 0 Å². The highest BCUT2D eigenvalue weighted by Gasteiger charge is 2.03. The maximum absolute atomic E-state index is 4.29. The monoisotopic (exact) mass is 232 g/mol. The number of aryl methyl sites for hydroxylation is 2. The molecule has 0 radical (unpaired) electrons. The second-order valence-electron chi connectivity index (χ2n) is 3.78. The number of nitrogens with one attached hydrogen (secondary N) is 2. The van der Waals surface area contributed by atoms with E-state index in [0.29, 0.717) is 12.5 Å². The zero-order valence-electron chi connectivity index (χ0n) is 10.2. The molecule has 0 saturated heterocycles. The van der Waals surface area contributed by atoms with Gasteiger partial charge in [0.05, 0.1) is 5.69 Å². The van der Waals surface area contributed by atoms with E-state index < -0.39 is 0 Å². The molecule has 2 aromatic heterocycles. The smallest absolute Gasteiger partial charge is 0.224 e. The molecule has 0 aliphatic carbocycles. The van der Waals surface area contributed by atoms with Gasteiger partial charge in [-0.15, -0.1) is 0 Å². The summed E-state index contributed by atoms with van der Waals surface area (Å²) in [5, 5.41) is 10.4. The number of hydrogen-bond donors (Lipinski definition) is 2. The summed E-state index contributed by atoms with van der Waals surface area (Å²) in [6.45, 7) is 2.70. The van der Waals surface area contributed by atoms with Crippen molar-refractivity contribution in [3.63, 3.8) is 0 Å². The van der Waals surface area contributed by atoms with E-state index in [0.717, 1.165) is 17.1 Å². The molecular formula is C11H16N6. The Morgan fingerprint density at radius 3 is 2.88 bits per heavy atom. The molecule has 0 aliphatic rings. The third kappa shape index (κ3) is 2.72. The summed E-state index contributed by atoms with van der Waals surface area (Å²) in [4.78, 5) is 8.34. The molecule has 6 heteroatoms. The number of aromatic nitrogens is 4. The van der Waals surface area contributed by atoms with E-state index in [1.54, 1.807) is 13.2 Å². The van der Waals surface area contributed by atoms with Gasteiger partial charge in [-0.1, -0.05) is 0 Å². The van der Waals surface area contributed by atoms with Crippen LogP contribution in [0, 0.1) is 6.92 Å². The molecule has 0 amide bonds. The van der Waals surface area contributed by atoms with Gasteiger partial charge in [-0.2, -0.15) is 10.1 Å². The maximum Gasteiger partial charge on any atom is 0.224 e. The fourth-order valence-corrected chi connectivity index (χ4v) is 1.59. The molecule has 0 aliphatic heterocycles. The predicted molar refractivity (Wildman–Crippen MR) is 66.9 cm³/mol. The fraction of sp³-hybridized carbons (Fsp3) is 0.364. The van der Waals surface area contributed by atoms with Crippen molar-refractivity contribution < 1.29 is 0 Å². The van der Waals surface area contributed by atoms with Crippen LogP contribution in [0.15, 0.2) is 18.5 Å². The molecular weight excluding hydrogens is 216 g/mol. The summed E-state index contributed by atoms with van der Waals surface area (Å²) >= 11 is 0. The Morgan fingerprint density at radius 2 is 2.24 bits per heavy atom. The molecule has 2 rings (SSSR count). The molecule has 0 atom stereocenters. The van der Waals surface area contributed by atoms with Gasteiger partial charge in [0.15, 0.2) is 0 Å². The Balaban J connectivity index is 2.04. The van der Waals surface area contributed by atoms with Crippen molar-refractivity contribution >= 4 is 11.8 Å². The minimum absolute atomic E-state index is 0.609. The molecule has 0 spiro atoms. The molecule has 0 fully saturated rings. The van der Waals surface area contributed by atoms with Gasteiger partial charge in [-0.25, -0.2) is 4.98 Å². The van der Waals surface area contributed by atoms with Crippen LogP contribution in [-0.2, 0) is 13.6 Å². The van der Waals surface area contributed by atoms with Crippen molar-refractivity contribution in [2.45, 2.75) is 13.5 Å². The molecule has 0 unspecified atom stereocenters. The molecule has 17 heavy (non-hydrogen) atoms. The van der Waals surface area contributed by atoms with Crippen molar-refractivity contribution in [1.29, 1.82) is 0 Å². The van der Waals surface area contributed by atoms with E-state index in [-0.39, 0.29) is 0 Å². The van der Waals surface area contributed by atoms with E-state index in [1.165, 1.54) is 0 Å². The highest BCUT2D eigenvalue weighted by molar-refractivity contribution is 5.40. The molecule has 2 aromatic rings. The van der Waals surface area contributed by atoms with Gasteiger partial charge in [0.2, 0.25) is 5.95 Å². The van der Waals surface area contributed by atoms with Gasteiger partial charge in [0.25, 0.3) is 0 Å². The zero-order chi connectivity index (χ0) is 12.3. The Labute approximate surface area is 100 Å². The average Bonchev–Trinajstić information content (AvgIpc) is 2.65. The van der Waals surface area contributed by atoms with E-state index in [2.05, 4.69) is 25.7 Å². The van der Waals surface area contributed by atoms with Crippen LogP contribution in [-0.4, -0.2) is 26.8 Å². The second kappa shape index (κ2) is 4.82. The zero-order valence-corrected chi connectivity index (χ0v) is 10.2. The van der Waals surface area contributed by atoms with Gasteiger partial charge >= 0.3 is 0 Å². The summed E-state index contributed by atoms with van der Waals surface area (Å²) in [5.74, 6) is 1.41. The second-order valence-corrected chi connectivity index (χ2v) is 3.78. The maximum atomic E-state index is 4.29. The largest absolute Gasteiger partial charge is 0.366 e. The number of nitrogens with zero attached hydrogens (tertiary/aromatic N) is 4. The highest BCUT2D eigenvalue weighted by atomic mass is 15.3. The molecule has 90 valence electrons. The first-order chi connectivity index (χ1) is 8.19. The number of anilines is 2. The average molecular weight is 232 g/mol. The van der Waals surface area contributed by atoms with Crippen molar-refractivity contribution in [3.05, 3.63) is 29.7 Å². The Hall–Kier alpha value is -2.11. The summed E-state index contributed by atoms with van der Waals surface area (Å²) in [7, 11) is 3.71. The first-order valence-electron chi connectivity index (χ1n) is 5.43. The van der Waals surface area contributed by atoms with Gasteiger partial charge in [-0.05, 0) is 13.0 Å². The minimum atomic E-state index is 0.609. The normalized spacial score (nSPS) is 10.3. The molecule has 0 saturated carbocycles. The lowest BCUT2D eigenvalue weighted by atomic mass is 10.2. The molecule has 6 nitrogen and oxygen atoms in total. The van der Waals surface area contributed by atoms with Crippen LogP contribution < -0.4 is 10.6 Å². The standard InChI is InChI=1S/C11H16N6/c1-8-9(7-17(3)16-8)6-14-10-4-5-13-11(12-2)15-10/h4-5,7H,6H2,1-3H3,(H2,12,13,14,15). The minimum Gasteiger partial charge on any atom is -0.366 e. The lowest BCUT2D eigenvalue weighted by Crippen LogP contribution is -2.04. The Morgan fingerprint density at radius 1 is 1.41 bits per heavy atom. The van der Waals surface area contributed by atoms with E-state index in [9.17, 15) is 0 Å². The van der Waals surface area contributed by atoms with Crippen LogP contribution >= 0.6 is 0 Å². The quantitative estimate of drug-likeness (QED) is 0.828. The van der Waals surface area contributed by atoms with Crippen LogP contribution in [0.2, 0.25) is 0 Å². The van der Waals surface area contributed by atoms with Gasteiger partial charge in [0.1, 0.15) is 5.82 Å². The van der Waals surface area contributed by atoms with Crippen LogP contribution in [0.4, 0.5) is 11.8 Å². The van der Waals surface area contributed by atoms with Crippen LogP contribution in [0.1, 0.15) is 11.3 Å². The van der Waals surface area contributed by atoms with E-state index in [4.69, 9.17) is 0 Å². The third-order valence-electron chi connectivity index (χ3n) is 2.45. The van der Waals surface area contributed by atoms with Crippen LogP contribution in [0.3, 0.4) is 0 Å². The van der Waals surface area contributed by atoms with E-state index >= 15 is 0 Å². The number of hydrogen-bond acceptors (Lipinski definition) is 5. The van der Waals surface area contributed by atoms with Gasteiger partial charge in [0, 0.05) is 38.6 Å². The third-order valence-corrected chi connectivity index (χ3v) is 2.45. The lowest BCUT2D eigenvalue weighted by Gasteiger charge is -2.05. The van der Waals surface area contributed by atoms with Crippen LogP contribution in [0.5, 0.6) is 0 Å².